The summed E-state index contributed by atoms with van der Waals surface area (Å²) in [5.41, 5.74) is 5.19. The minimum atomic E-state index is -0.526. The van der Waals surface area contributed by atoms with E-state index in [1.165, 1.54) is 25.5 Å². The molecular weight excluding hydrogens is 504 g/mol. The van der Waals surface area contributed by atoms with Gasteiger partial charge in [-0.15, -0.1) is 0 Å². The number of aliphatic hydroxyl groups excluding tert-OH is 1. The van der Waals surface area contributed by atoms with Crippen molar-refractivity contribution in [3.05, 3.63) is 101 Å². The van der Waals surface area contributed by atoms with Crippen molar-refractivity contribution in [2.75, 3.05) is 25.0 Å². The molecule has 0 aliphatic carbocycles. The molecule has 3 atom stereocenters. The van der Waals surface area contributed by atoms with Gasteiger partial charge in [0.1, 0.15) is 5.69 Å². The fourth-order valence-electron chi connectivity index (χ4n) is 5.45. The molecule has 2 fully saturated rings. The van der Waals surface area contributed by atoms with Crippen LogP contribution < -0.4 is 5.32 Å². The molecule has 2 aliphatic heterocycles. The fourth-order valence-corrected chi connectivity index (χ4v) is 5.45. The first-order valence-corrected chi connectivity index (χ1v) is 14.0. The molecule has 3 heterocycles. The minimum absolute atomic E-state index is 0.0193. The number of likely N-dealkylation sites (tertiary alicyclic amines) is 1. The van der Waals surface area contributed by atoms with Crippen LogP contribution in [0.1, 0.15) is 65.3 Å². The van der Waals surface area contributed by atoms with E-state index in [-0.39, 0.29) is 30.4 Å². The van der Waals surface area contributed by atoms with Gasteiger partial charge in [-0.1, -0.05) is 55.0 Å². The number of benzene rings is 3. The highest BCUT2D eigenvalue weighted by Crippen LogP contribution is 2.38. The van der Waals surface area contributed by atoms with E-state index < -0.39 is 6.29 Å². The van der Waals surface area contributed by atoms with E-state index in [4.69, 9.17) is 9.47 Å². The van der Waals surface area contributed by atoms with Crippen molar-refractivity contribution in [1.82, 2.24) is 14.9 Å². The third-order valence-corrected chi connectivity index (χ3v) is 7.65. The number of carbonyl (C=O) groups excluding carboxylic acids is 1. The molecular formula is C32H34N4O4. The lowest BCUT2D eigenvalue weighted by atomic mass is 9.99. The van der Waals surface area contributed by atoms with Crippen molar-refractivity contribution >= 4 is 22.6 Å². The summed E-state index contributed by atoms with van der Waals surface area (Å²) in [6.45, 7) is 3.12. The van der Waals surface area contributed by atoms with Gasteiger partial charge >= 0.3 is 0 Å². The average Bonchev–Trinajstić information content (AvgIpc) is 3.01. The number of piperidine rings is 1. The number of fused-ring (bicyclic) bond motifs is 1. The van der Waals surface area contributed by atoms with Gasteiger partial charge in [0.2, 0.25) is 0 Å². The Morgan fingerprint density at radius 2 is 1.62 bits per heavy atom. The van der Waals surface area contributed by atoms with Crippen LogP contribution in [0.2, 0.25) is 0 Å². The third kappa shape index (κ3) is 6.21. The molecule has 2 saturated heterocycles. The molecule has 0 bridgehead atoms. The lowest BCUT2D eigenvalue weighted by Crippen LogP contribution is -2.41. The third-order valence-electron chi connectivity index (χ3n) is 7.65. The van der Waals surface area contributed by atoms with Crippen molar-refractivity contribution in [3.63, 3.8) is 0 Å². The zero-order valence-corrected chi connectivity index (χ0v) is 22.4. The van der Waals surface area contributed by atoms with Crippen LogP contribution in [-0.4, -0.2) is 51.6 Å². The molecule has 0 radical (unpaired) electrons. The number of carbonyl (C=O) groups is 1. The Balaban J connectivity index is 1.17. The van der Waals surface area contributed by atoms with Gasteiger partial charge in [-0.05, 0) is 61.3 Å². The van der Waals surface area contributed by atoms with E-state index in [9.17, 15) is 9.90 Å². The molecule has 40 heavy (non-hydrogen) atoms. The summed E-state index contributed by atoms with van der Waals surface area (Å²) in [6, 6.07) is 23.0. The highest BCUT2D eigenvalue weighted by Gasteiger charge is 2.33. The number of aromatic nitrogens is 2. The second kappa shape index (κ2) is 12.2. The number of aliphatic hydroxyl groups is 1. The Morgan fingerprint density at radius 3 is 2.38 bits per heavy atom. The molecule has 0 unspecified atom stereocenters. The highest BCUT2D eigenvalue weighted by atomic mass is 16.7. The van der Waals surface area contributed by atoms with Crippen molar-refractivity contribution in [2.45, 2.75) is 50.8 Å². The molecule has 0 spiro atoms. The van der Waals surface area contributed by atoms with E-state index in [2.05, 4.69) is 20.2 Å². The average molecular weight is 539 g/mol. The monoisotopic (exact) mass is 538 g/mol. The first-order valence-electron chi connectivity index (χ1n) is 14.0. The number of rotatable bonds is 7. The SMILES string of the molecule is O=C(Nc1ccc([C@@H]2O[C@H](CN3CCCCC3)C[C@H](c3ccc(CO)cc3)O2)cc1)c1cnc2ccccc2n1. The zero-order valence-electron chi connectivity index (χ0n) is 22.4. The molecule has 6 rings (SSSR count). The molecule has 1 amide bonds. The zero-order chi connectivity index (χ0) is 27.3. The van der Waals surface area contributed by atoms with Crippen molar-refractivity contribution in [3.8, 4) is 0 Å². The molecule has 4 aromatic rings. The van der Waals surface area contributed by atoms with Crippen LogP contribution >= 0.6 is 0 Å². The fraction of sp³-hybridized carbons (Fsp3) is 0.344. The second-order valence-electron chi connectivity index (χ2n) is 10.5. The van der Waals surface area contributed by atoms with Crippen LogP contribution in [0, 0.1) is 0 Å². The Kier molecular flexibility index (Phi) is 8.11. The van der Waals surface area contributed by atoms with E-state index >= 15 is 0 Å². The maximum absolute atomic E-state index is 12.8. The van der Waals surface area contributed by atoms with Crippen LogP contribution in [-0.2, 0) is 16.1 Å². The molecule has 2 aliphatic rings. The lowest BCUT2D eigenvalue weighted by molar-refractivity contribution is -0.253. The number of para-hydroxylation sites is 2. The summed E-state index contributed by atoms with van der Waals surface area (Å²) in [5, 5.41) is 12.4. The molecule has 8 heteroatoms. The number of amides is 1. The molecule has 206 valence electrons. The van der Waals surface area contributed by atoms with Gasteiger partial charge in [0.25, 0.3) is 5.91 Å². The highest BCUT2D eigenvalue weighted by molar-refractivity contribution is 6.03. The predicted molar refractivity (Wildman–Crippen MR) is 153 cm³/mol. The number of hydrogen-bond acceptors (Lipinski definition) is 7. The van der Waals surface area contributed by atoms with Gasteiger partial charge in [0.05, 0.1) is 36.0 Å². The number of hydrogen-bond donors (Lipinski definition) is 2. The van der Waals surface area contributed by atoms with Gasteiger partial charge in [0, 0.05) is 24.2 Å². The maximum atomic E-state index is 12.8. The van der Waals surface area contributed by atoms with Crippen LogP contribution in [0.3, 0.4) is 0 Å². The van der Waals surface area contributed by atoms with Gasteiger partial charge in [0.15, 0.2) is 6.29 Å². The van der Waals surface area contributed by atoms with Crippen LogP contribution in [0.25, 0.3) is 11.0 Å². The van der Waals surface area contributed by atoms with Crippen molar-refractivity contribution < 1.29 is 19.4 Å². The topological polar surface area (TPSA) is 96.8 Å². The van der Waals surface area contributed by atoms with Crippen LogP contribution in [0.4, 0.5) is 5.69 Å². The van der Waals surface area contributed by atoms with Gasteiger partial charge in [-0.25, -0.2) is 4.98 Å². The van der Waals surface area contributed by atoms with E-state index in [0.29, 0.717) is 11.2 Å². The van der Waals surface area contributed by atoms with E-state index in [1.54, 1.807) is 0 Å². The number of anilines is 1. The first-order chi connectivity index (χ1) is 19.6. The largest absolute Gasteiger partial charge is 0.392 e. The summed E-state index contributed by atoms with van der Waals surface area (Å²) in [6.07, 6.45) is 5.41. The summed E-state index contributed by atoms with van der Waals surface area (Å²) in [5.74, 6) is -0.316. The van der Waals surface area contributed by atoms with E-state index in [0.717, 1.165) is 48.3 Å². The second-order valence-corrected chi connectivity index (χ2v) is 10.5. The first kappa shape index (κ1) is 26.5. The minimum Gasteiger partial charge on any atom is -0.392 e. The van der Waals surface area contributed by atoms with Gasteiger partial charge in [-0.2, -0.15) is 0 Å². The van der Waals surface area contributed by atoms with Crippen LogP contribution in [0.15, 0.2) is 79.0 Å². The summed E-state index contributed by atoms with van der Waals surface area (Å²) >= 11 is 0. The smallest absolute Gasteiger partial charge is 0.275 e. The van der Waals surface area contributed by atoms with Crippen molar-refractivity contribution in [2.24, 2.45) is 0 Å². The number of ether oxygens (including phenoxy) is 2. The Bertz CT molecular complexity index is 1440. The standard InChI is InChI=1S/C32H34N4O4/c37-21-22-8-10-23(11-9-22)30-18-26(20-36-16-4-1-5-17-36)39-32(40-30)24-12-14-25(15-13-24)34-31(38)29-19-33-27-6-2-3-7-28(27)35-29/h2-3,6-15,19,26,30,32,37H,1,4-5,16-18,20-21H2,(H,34,38)/t26-,30+,32+/m0/s1. The van der Waals surface area contributed by atoms with Gasteiger partial charge < -0.3 is 24.8 Å². The lowest BCUT2D eigenvalue weighted by Gasteiger charge is -2.39. The normalized spacial score (nSPS) is 21.8. The van der Waals surface area contributed by atoms with E-state index in [1.807, 2.05) is 72.8 Å². The molecule has 3 aromatic carbocycles. The van der Waals surface area contributed by atoms with Crippen LogP contribution in [0.5, 0.6) is 0 Å². The molecule has 8 nitrogen and oxygen atoms in total. The predicted octanol–water partition coefficient (Wildman–Crippen LogP) is 5.41. The Hall–Kier alpha value is -3.69. The number of nitrogens with one attached hydrogen (secondary N) is 1. The Morgan fingerprint density at radius 1 is 0.900 bits per heavy atom. The molecule has 1 aromatic heterocycles. The summed E-state index contributed by atoms with van der Waals surface area (Å²) in [7, 11) is 0. The maximum Gasteiger partial charge on any atom is 0.275 e. The molecule has 2 N–H and O–H groups in total. The van der Waals surface area contributed by atoms with Gasteiger partial charge in [-0.3, -0.25) is 9.78 Å². The number of nitrogens with zero attached hydrogens (tertiary/aromatic N) is 3. The molecule has 0 saturated carbocycles. The summed E-state index contributed by atoms with van der Waals surface area (Å²) in [4.78, 5) is 24.1. The summed E-state index contributed by atoms with van der Waals surface area (Å²) < 4.78 is 13.0. The Labute approximate surface area is 234 Å². The quantitative estimate of drug-likeness (QED) is 0.325. The van der Waals surface area contributed by atoms with Crippen molar-refractivity contribution in [1.29, 1.82) is 0 Å².